The first-order chi connectivity index (χ1) is 7.05. The average Bonchev–Trinajstić information content (AvgIpc) is 2.20. The van der Waals surface area contributed by atoms with Crippen LogP contribution in [0, 0.1) is 0 Å². The molecule has 3 nitrogen and oxygen atoms in total. The van der Waals surface area contributed by atoms with Crippen LogP contribution >= 0.6 is 0 Å². The van der Waals surface area contributed by atoms with Crippen molar-refractivity contribution in [1.29, 1.82) is 0 Å². The molecule has 16 heavy (non-hydrogen) atoms. The number of hydrogen-bond donors (Lipinski definition) is 1. The van der Waals surface area contributed by atoms with Crippen molar-refractivity contribution in [2.75, 3.05) is 0 Å². The third-order valence-electron chi connectivity index (χ3n) is 2.76. The van der Waals surface area contributed by atoms with E-state index in [1.165, 1.54) is 6.92 Å². The summed E-state index contributed by atoms with van der Waals surface area (Å²) in [5.74, 6) is -1.41. The number of aliphatic carboxylic acids is 1. The van der Waals surface area contributed by atoms with Crippen molar-refractivity contribution >= 4 is 11.8 Å². The minimum absolute atomic E-state index is 0. The van der Waals surface area contributed by atoms with Gasteiger partial charge in [0.2, 0.25) is 0 Å². The van der Waals surface area contributed by atoms with E-state index >= 15 is 0 Å². The summed E-state index contributed by atoms with van der Waals surface area (Å²) in [6.45, 7) is 3.03. The van der Waals surface area contributed by atoms with Crippen molar-refractivity contribution < 1.29 is 40.9 Å². The minimum atomic E-state index is -1.39. The number of hydrogen-bond acceptors (Lipinski definition) is 2. The van der Waals surface area contributed by atoms with E-state index in [1.807, 2.05) is 0 Å². The molecule has 4 heteroatoms. The Balaban J connectivity index is 0.00000225. The maximum Gasteiger partial charge on any atom is 0.321 e. The van der Waals surface area contributed by atoms with E-state index in [0.29, 0.717) is 5.56 Å². The molecule has 0 aliphatic heterocycles. The molecule has 1 atom stereocenters. The van der Waals surface area contributed by atoms with E-state index in [4.69, 9.17) is 0 Å². The number of Topliss-reactive ketones (excluding diaryl/α,β-unsaturated/α-hetero) is 1. The summed E-state index contributed by atoms with van der Waals surface area (Å²) in [5, 5.41) is 9.23. The van der Waals surface area contributed by atoms with E-state index in [-0.39, 0.29) is 38.4 Å². The van der Waals surface area contributed by atoms with Crippen molar-refractivity contribution in [1.82, 2.24) is 0 Å². The van der Waals surface area contributed by atoms with Crippen LogP contribution in [0.25, 0.3) is 0 Å². The summed E-state index contributed by atoms with van der Waals surface area (Å²) < 4.78 is 0. The zero-order valence-corrected chi connectivity index (χ0v) is 11.8. The number of carbonyl (C=O) groups is 2. The minimum Gasteiger partial charge on any atom is -0.480 e. The molecule has 0 spiro atoms. The van der Waals surface area contributed by atoms with Crippen LogP contribution in [-0.2, 0) is 41.2 Å². The fourth-order valence-corrected chi connectivity index (χ4v) is 1.80. The molecule has 0 saturated carbocycles. The quantitative estimate of drug-likeness (QED) is 0.865. The van der Waals surface area contributed by atoms with E-state index in [9.17, 15) is 14.7 Å². The third-order valence-corrected chi connectivity index (χ3v) is 2.76. The average molecular weight is 297 g/mol. The number of carboxylic acid groups (broad SMARTS) is 1. The zero-order valence-electron chi connectivity index (χ0n) is 9.36. The van der Waals surface area contributed by atoms with Gasteiger partial charge in [-0.1, -0.05) is 37.3 Å². The Labute approximate surface area is 114 Å². The second-order valence-electron chi connectivity index (χ2n) is 3.49. The third kappa shape index (κ3) is 2.49. The first kappa shape index (κ1) is 15.2. The predicted molar refractivity (Wildman–Crippen MR) is 56.7 cm³/mol. The first-order valence-electron chi connectivity index (χ1n) is 4.85. The van der Waals surface area contributed by atoms with Crippen LogP contribution in [0.5, 0.6) is 0 Å². The van der Waals surface area contributed by atoms with Crippen molar-refractivity contribution in [3.05, 3.63) is 35.9 Å². The zero-order chi connectivity index (χ0) is 11.5. The van der Waals surface area contributed by atoms with Crippen molar-refractivity contribution in [2.24, 2.45) is 0 Å². The molecule has 0 fully saturated rings. The van der Waals surface area contributed by atoms with Gasteiger partial charge in [0, 0.05) is 26.2 Å². The van der Waals surface area contributed by atoms with Gasteiger partial charge in [-0.2, -0.15) is 0 Å². The number of rotatable bonds is 4. The smallest absolute Gasteiger partial charge is 0.321 e. The maximum atomic E-state index is 11.6. The van der Waals surface area contributed by atoms with Gasteiger partial charge < -0.3 is 5.11 Å². The Bertz CT molecular complexity index is 359. The number of benzene rings is 1. The Morgan fingerprint density at radius 3 is 2.06 bits per heavy atom. The van der Waals surface area contributed by atoms with Gasteiger partial charge in [-0.25, -0.2) is 0 Å². The van der Waals surface area contributed by atoms with E-state index in [1.54, 1.807) is 37.3 Å². The fourth-order valence-electron chi connectivity index (χ4n) is 1.80. The van der Waals surface area contributed by atoms with E-state index < -0.39 is 11.4 Å². The van der Waals surface area contributed by atoms with Gasteiger partial charge in [-0.15, -0.1) is 0 Å². The monoisotopic (exact) mass is 296 g/mol. The summed E-state index contributed by atoms with van der Waals surface area (Å²) >= 11 is 0. The predicted octanol–water partition coefficient (Wildman–Crippen LogP) is 2.01. The Morgan fingerprint density at radius 1 is 1.25 bits per heavy atom. The summed E-state index contributed by atoms with van der Waals surface area (Å²) in [5.41, 5.74) is -0.839. The molecule has 1 aromatic rings. The largest absolute Gasteiger partial charge is 0.480 e. The topological polar surface area (TPSA) is 54.4 Å². The number of ketones is 1. The summed E-state index contributed by atoms with van der Waals surface area (Å²) in [7, 11) is 0. The van der Waals surface area contributed by atoms with E-state index in [0.717, 1.165) is 0 Å². The summed E-state index contributed by atoms with van der Waals surface area (Å²) in [4.78, 5) is 22.8. The van der Waals surface area contributed by atoms with Gasteiger partial charge in [-0.05, 0) is 18.9 Å². The van der Waals surface area contributed by atoms with Crippen LogP contribution in [0.1, 0.15) is 25.8 Å². The standard InChI is InChI=1S/C12H14O3.Zr/c1-3-12(9(2)13,11(14)15)10-7-5-4-6-8-10;/h4-8H,3H2,1-2H3,(H,14,15);. The van der Waals surface area contributed by atoms with Gasteiger partial charge in [0.05, 0.1) is 0 Å². The molecular weight excluding hydrogens is 283 g/mol. The molecule has 0 aliphatic carbocycles. The molecule has 0 radical (unpaired) electrons. The molecule has 1 N–H and O–H groups in total. The number of carbonyl (C=O) groups excluding carboxylic acids is 1. The molecule has 1 unspecified atom stereocenters. The van der Waals surface area contributed by atoms with Gasteiger partial charge in [-0.3, -0.25) is 9.59 Å². The number of carboxylic acids is 1. The Kier molecular flexibility index (Phi) is 5.81. The Morgan fingerprint density at radius 2 is 1.75 bits per heavy atom. The van der Waals surface area contributed by atoms with Gasteiger partial charge in [0.25, 0.3) is 0 Å². The molecule has 0 heterocycles. The van der Waals surface area contributed by atoms with Crippen molar-refractivity contribution in [3.63, 3.8) is 0 Å². The molecule has 0 bridgehead atoms. The van der Waals surface area contributed by atoms with Crippen LogP contribution in [0.4, 0.5) is 0 Å². The molecule has 1 aromatic carbocycles. The molecule has 0 saturated heterocycles. The molecule has 0 amide bonds. The normalized spacial score (nSPS) is 13.4. The molecule has 0 aromatic heterocycles. The first-order valence-corrected chi connectivity index (χ1v) is 4.85. The second kappa shape index (κ2) is 6.10. The summed E-state index contributed by atoms with van der Waals surface area (Å²) in [6, 6.07) is 8.64. The SMILES string of the molecule is CCC(C(C)=O)(C(=O)O)c1ccccc1.[Zr]. The van der Waals surface area contributed by atoms with Crippen LogP contribution < -0.4 is 0 Å². The van der Waals surface area contributed by atoms with Crippen LogP contribution in [0.15, 0.2) is 30.3 Å². The van der Waals surface area contributed by atoms with E-state index in [2.05, 4.69) is 0 Å². The van der Waals surface area contributed by atoms with Crippen molar-refractivity contribution in [3.8, 4) is 0 Å². The molecule has 1 rings (SSSR count). The molecule has 84 valence electrons. The van der Waals surface area contributed by atoms with Gasteiger partial charge >= 0.3 is 5.97 Å². The maximum absolute atomic E-state index is 11.6. The molecular formula is C12H14O3Zr. The van der Waals surface area contributed by atoms with Crippen LogP contribution in [-0.4, -0.2) is 16.9 Å². The van der Waals surface area contributed by atoms with Crippen LogP contribution in [0.3, 0.4) is 0 Å². The van der Waals surface area contributed by atoms with Gasteiger partial charge in [0.1, 0.15) is 0 Å². The van der Waals surface area contributed by atoms with Gasteiger partial charge in [0.15, 0.2) is 11.2 Å². The molecule has 0 aliphatic rings. The van der Waals surface area contributed by atoms with Crippen LogP contribution in [0.2, 0.25) is 0 Å². The fraction of sp³-hybridized carbons (Fsp3) is 0.333. The second-order valence-corrected chi connectivity index (χ2v) is 3.49. The Hall–Kier alpha value is -0.757. The summed E-state index contributed by atoms with van der Waals surface area (Å²) in [6.07, 6.45) is 0.266. The van der Waals surface area contributed by atoms with Crippen molar-refractivity contribution in [2.45, 2.75) is 25.7 Å².